The number of halogens is 2. The summed E-state index contributed by atoms with van der Waals surface area (Å²) < 4.78 is 12.0. The fourth-order valence-corrected chi connectivity index (χ4v) is 3.87. The van der Waals surface area contributed by atoms with E-state index < -0.39 is 5.91 Å². The van der Waals surface area contributed by atoms with Crippen molar-refractivity contribution < 1.29 is 14.3 Å². The molecule has 5 nitrogen and oxygen atoms in total. The van der Waals surface area contributed by atoms with Crippen LogP contribution in [0.3, 0.4) is 0 Å². The van der Waals surface area contributed by atoms with E-state index in [1.165, 1.54) is 13.2 Å². The number of nitriles is 1. The molecule has 3 aromatic carbocycles. The number of aryl methyl sites for hydroxylation is 2. The number of nitrogens with one attached hydrogen (secondary N) is 1. The summed E-state index contributed by atoms with van der Waals surface area (Å²) >= 11 is 9.71. The van der Waals surface area contributed by atoms with Crippen LogP contribution in [0.25, 0.3) is 6.08 Å². The minimum absolute atomic E-state index is 0.0328. The first-order valence-corrected chi connectivity index (χ1v) is 11.2. The van der Waals surface area contributed by atoms with Crippen LogP contribution in [0.2, 0.25) is 5.02 Å². The highest BCUT2D eigenvalue weighted by Crippen LogP contribution is 2.38. The third kappa shape index (κ3) is 6.16. The molecule has 0 unspecified atom stereocenters. The van der Waals surface area contributed by atoms with E-state index in [4.69, 9.17) is 21.1 Å². The van der Waals surface area contributed by atoms with E-state index in [0.29, 0.717) is 32.2 Å². The van der Waals surface area contributed by atoms with Crippen molar-refractivity contribution in [2.24, 2.45) is 0 Å². The van der Waals surface area contributed by atoms with Gasteiger partial charge in [-0.15, -0.1) is 0 Å². The Morgan fingerprint density at radius 2 is 1.94 bits per heavy atom. The number of amides is 1. The first-order chi connectivity index (χ1) is 15.8. The highest BCUT2D eigenvalue weighted by Gasteiger charge is 2.15. The van der Waals surface area contributed by atoms with Gasteiger partial charge in [0.05, 0.1) is 11.6 Å². The molecule has 0 saturated heterocycles. The van der Waals surface area contributed by atoms with Crippen molar-refractivity contribution >= 4 is 45.2 Å². The van der Waals surface area contributed by atoms with E-state index in [2.05, 4.69) is 21.2 Å². The lowest BCUT2D eigenvalue weighted by Crippen LogP contribution is -2.14. The monoisotopic (exact) mass is 524 g/mol. The summed E-state index contributed by atoms with van der Waals surface area (Å²) in [7, 11) is 1.52. The standard InChI is InChI=1S/C26H22BrClN2O3/c1-16-8-9-17(2)23(10-16)30-26(31)20(14-29)11-18-12-21(27)25(24(13-18)32-3)33-15-19-6-4-5-7-22(19)28/h4-13H,15H2,1-3H3,(H,30,31)/b20-11-. The number of hydrogen-bond donors (Lipinski definition) is 1. The zero-order chi connectivity index (χ0) is 24.0. The van der Waals surface area contributed by atoms with Crippen LogP contribution in [0.1, 0.15) is 22.3 Å². The van der Waals surface area contributed by atoms with Crippen LogP contribution in [0.15, 0.2) is 64.6 Å². The summed E-state index contributed by atoms with van der Waals surface area (Å²) in [5.74, 6) is 0.461. The van der Waals surface area contributed by atoms with E-state index in [9.17, 15) is 10.1 Å². The lowest BCUT2D eigenvalue weighted by atomic mass is 10.1. The molecule has 0 heterocycles. The SMILES string of the molecule is COc1cc(/C=C(/C#N)C(=O)Nc2cc(C)ccc2C)cc(Br)c1OCc1ccccc1Cl. The number of benzene rings is 3. The second-order valence-corrected chi connectivity index (χ2v) is 8.62. The van der Waals surface area contributed by atoms with Crippen LogP contribution in [-0.4, -0.2) is 13.0 Å². The van der Waals surface area contributed by atoms with E-state index in [1.54, 1.807) is 18.2 Å². The molecule has 168 valence electrons. The zero-order valence-electron chi connectivity index (χ0n) is 18.4. The molecule has 1 amide bonds. The zero-order valence-corrected chi connectivity index (χ0v) is 20.8. The summed E-state index contributed by atoms with van der Waals surface area (Å²) in [5, 5.41) is 13.0. The van der Waals surface area contributed by atoms with Crippen LogP contribution in [0, 0.1) is 25.2 Å². The smallest absolute Gasteiger partial charge is 0.266 e. The number of anilines is 1. The fraction of sp³-hybridized carbons (Fsp3) is 0.154. The van der Waals surface area contributed by atoms with Gasteiger partial charge in [-0.3, -0.25) is 4.79 Å². The molecule has 0 aliphatic heterocycles. The molecule has 3 rings (SSSR count). The number of rotatable bonds is 7. The number of carbonyl (C=O) groups excluding carboxylic acids is 1. The van der Waals surface area contributed by atoms with Crippen LogP contribution < -0.4 is 14.8 Å². The van der Waals surface area contributed by atoms with Gasteiger partial charge < -0.3 is 14.8 Å². The highest BCUT2D eigenvalue weighted by molar-refractivity contribution is 9.10. The third-order valence-corrected chi connectivity index (χ3v) is 5.86. The Labute approximate surface area is 206 Å². The Balaban J connectivity index is 1.85. The number of methoxy groups -OCH3 is 1. The van der Waals surface area contributed by atoms with E-state index in [0.717, 1.165) is 16.7 Å². The van der Waals surface area contributed by atoms with Crippen LogP contribution in [0.4, 0.5) is 5.69 Å². The van der Waals surface area contributed by atoms with Crippen LogP contribution >= 0.6 is 27.5 Å². The minimum atomic E-state index is -0.486. The number of nitrogens with zero attached hydrogens (tertiary/aromatic N) is 1. The molecule has 0 radical (unpaired) electrons. The summed E-state index contributed by atoms with van der Waals surface area (Å²) in [6.45, 7) is 4.09. The van der Waals surface area contributed by atoms with Gasteiger partial charge in [0, 0.05) is 16.3 Å². The van der Waals surface area contributed by atoms with Gasteiger partial charge in [0.15, 0.2) is 11.5 Å². The predicted octanol–water partition coefficient (Wildman–Crippen LogP) is 6.85. The molecule has 3 aromatic rings. The predicted molar refractivity (Wildman–Crippen MR) is 135 cm³/mol. The quantitative estimate of drug-likeness (QED) is 0.270. The summed E-state index contributed by atoms with van der Waals surface area (Å²) in [4.78, 5) is 12.7. The Bertz CT molecular complexity index is 1260. The van der Waals surface area contributed by atoms with Crippen molar-refractivity contribution in [1.82, 2.24) is 0 Å². The Hall–Kier alpha value is -3.27. The molecule has 0 saturated carbocycles. The van der Waals surface area contributed by atoms with Crippen molar-refractivity contribution in [2.75, 3.05) is 12.4 Å². The first-order valence-electron chi connectivity index (χ1n) is 10.1. The molecule has 7 heteroatoms. The van der Waals surface area contributed by atoms with Crippen LogP contribution in [-0.2, 0) is 11.4 Å². The summed E-state index contributed by atoms with van der Waals surface area (Å²) in [6, 6.07) is 18.6. The van der Waals surface area contributed by atoms with Gasteiger partial charge in [0.25, 0.3) is 5.91 Å². The van der Waals surface area contributed by atoms with E-state index in [-0.39, 0.29) is 12.2 Å². The van der Waals surface area contributed by atoms with Crippen molar-refractivity contribution in [3.8, 4) is 17.6 Å². The molecular weight excluding hydrogens is 504 g/mol. The first kappa shape index (κ1) is 24.4. The lowest BCUT2D eigenvalue weighted by molar-refractivity contribution is -0.112. The van der Waals surface area contributed by atoms with Gasteiger partial charge in [-0.2, -0.15) is 5.26 Å². The molecular formula is C26H22BrClN2O3. The molecule has 0 spiro atoms. The molecule has 0 fully saturated rings. The van der Waals surface area contributed by atoms with Gasteiger partial charge in [-0.1, -0.05) is 41.9 Å². The van der Waals surface area contributed by atoms with Crippen molar-refractivity contribution in [3.63, 3.8) is 0 Å². The van der Waals surface area contributed by atoms with Gasteiger partial charge in [0.1, 0.15) is 18.2 Å². The van der Waals surface area contributed by atoms with Gasteiger partial charge in [-0.05, 0) is 76.8 Å². The molecule has 0 bridgehead atoms. The maximum Gasteiger partial charge on any atom is 0.266 e. The topological polar surface area (TPSA) is 71.3 Å². The third-order valence-electron chi connectivity index (χ3n) is 4.90. The number of carbonyl (C=O) groups is 1. The molecule has 1 N–H and O–H groups in total. The molecule has 0 atom stereocenters. The summed E-state index contributed by atoms with van der Waals surface area (Å²) in [5.41, 5.74) is 4.01. The Morgan fingerprint density at radius 3 is 2.64 bits per heavy atom. The maximum absolute atomic E-state index is 12.7. The Morgan fingerprint density at radius 1 is 1.18 bits per heavy atom. The molecule has 33 heavy (non-hydrogen) atoms. The second kappa shape index (κ2) is 11.0. The number of ether oxygens (including phenoxy) is 2. The molecule has 0 aromatic heterocycles. The normalized spacial score (nSPS) is 11.0. The highest BCUT2D eigenvalue weighted by atomic mass is 79.9. The lowest BCUT2D eigenvalue weighted by Gasteiger charge is -2.14. The Kier molecular flexibility index (Phi) is 8.16. The van der Waals surface area contributed by atoms with E-state index in [1.807, 2.05) is 56.3 Å². The molecule has 0 aliphatic carbocycles. The van der Waals surface area contributed by atoms with Crippen molar-refractivity contribution in [3.05, 3.63) is 91.9 Å². The van der Waals surface area contributed by atoms with Gasteiger partial charge in [-0.25, -0.2) is 0 Å². The van der Waals surface area contributed by atoms with Gasteiger partial charge >= 0.3 is 0 Å². The minimum Gasteiger partial charge on any atom is -0.493 e. The summed E-state index contributed by atoms with van der Waals surface area (Å²) in [6.07, 6.45) is 1.51. The fourth-order valence-electron chi connectivity index (χ4n) is 3.10. The average molecular weight is 526 g/mol. The van der Waals surface area contributed by atoms with Crippen LogP contribution in [0.5, 0.6) is 11.5 Å². The van der Waals surface area contributed by atoms with Crippen molar-refractivity contribution in [2.45, 2.75) is 20.5 Å². The number of hydrogen-bond acceptors (Lipinski definition) is 4. The maximum atomic E-state index is 12.7. The van der Waals surface area contributed by atoms with Gasteiger partial charge in [0.2, 0.25) is 0 Å². The van der Waals surface area contributed by atoms with Crippen molar-refractivity contribution in [1.29, 1.82) is 5.26 Å². The average Bonchev–Trinajstić information content (AvgIpc) is 2.79. The largest absolute Gasteiger partial charge is 0.493 e. The van der Waals surface area contributed by atoms with E-state index >= 15 is 0 Å². The molecule has 0 aliphatic rings. The second-order valence-electron chi connectivity index (χ2n) is 7.36.